The van der Waals surface area contributed by atoms with Crippen LogP contribution < -0.4 is 10.6 Å². The third kappa shape index (κ3) is 2.39. The maximum atomic E-state index is 6.14. The fourth-order valence-electron chi connectivity index (χ4n) is 1.91. The highest BCUT2D eigenvalue weighted by Crippen LogP contribution is 2.34. The molecule has 0 saturated carbocycles. The Morgan fingerprint density at radius 1 is 1.13 bits per heavy atom. The fourth-order valence-corrected chi connectivity index (χ4v) is 2.55. The van der Waals surface area contributed by atoms with Gasteiger partial charge in [-0.05, 0) is 25.0 Å². The van der Waals surface area contributed by atoms with E-state index in [1.165, 1.54) is 0 Å². The topological polar surface area (TPSA) is 29.3 Å². The SMILES string of the molecule is NC1CCN(c2c(Cl)cccc2Cl)CC1. The van der Waals surface area contributed by atoms with Gasteiger partial charge in [-0.15, -0.1) is 0 Å². The van der Waals surface area contributed by atoms with Crippen molar-refractivity contribution in [3.05, 3.63) is 28.2 Å². The molecule has 1 aliphatic heterocycles. The summed E-state index contributed by atoms with van der Waals surface area (Å²) in [6, 6.07) is 5.93. The molecular weight excluding hydrogens is 231 g/mol. The van der Waals surface area contributed by atoms with Gasteiger partial charge in [-0.3, -0.25) is 0 Å². The molecule has 0 radical (unpaired) electrons. The molecule has 0 aliphatic carbocycles. The number of nitrogens with two attached hydrogens (primary N) is 1. The second-order valence-electron chi connectivity index (χ2n) is 3.89. The molecule has 1 heterocycles. The standard InChI is InChI=1S/C11H14Cl2N2/c12-9-2-1-3-10(13)11(9)15-6-4-8(14)5-7-15/h1-3,8H,4-7,14H2. The molecule has 0 amide bonds. The van der Waals surface area contributed by atoms with E-state index in [0.29, 0.717) is 6.04 Å². The second-order valence-corrected chi connectivity index (χ2v) is 4.71. The van der Waals surface area contributed by atoms with Crippen molar-refractivity contribution in [2.45, 2.75) is 18.9 Å². The Bertz CT molecular complexity index is 326. The molecule has 2 nitrogen and oxygen atoms in total. The zero-order chi connectivity index (χ0) is 10.8. The first-order valence-corrected chi connectivity index (χ1v) is 5.88. The van der Waals surface area contributed by atoms with Crippen molar-refractivity contribution in [1.82, 2.24) is 0 Å². The second kappa shape index (κ2) is 4.60. The van der Waals surface area contributed by atoms with Gasteiger partial charge >= 0.3 is 0 Å². The van der Waals surface area contributed by atoms with Crippen molar-refractivity contribution >= 4 is 28.9 Å². The van der Waals surface area contributed by atoms with E-state index < -0.39 is 0 Å². The lowest BCUT2D eigenvalue weighted by atomic mass is 10.1. The summed E-state index contributed by atoms with van der Waals surface area (Å²) in [5.74, 6) is 0. The van der Waals surface area contributed by atoms with E-state index in [1.807, 2.05) is 18.2 Å². The van der Waals surface area contributed by atoms with Crippen LogP contribution in [0, 0.1) is 0 Å². The molecule has 0 aromatic heterocycles. The summed E-state index contributed by atoms with van der Waals surface area (Å²) >= 11 is 12.3. The smallest absolute Gasteiger partial charge is 0.0744 e. The third-order valence-electron chi connectivity index (χ3n) is 2.79. The van der Waals surface area contributed by atoms with Crippen LogP contribution in [0.5, 0.6) is 0 Å². The minimum Gasteiger partial charge on any atom is -0.369 e. The first kappa shape index (κ1) is 11.1. The van der Waals surface area contributed by atoms with Gasteiger partial charge in [-0.2, -0.15) is 0 Å². The zero-order valence-corrected chi connectivity index (χ0v) is 9.93. The highest BCUT2D eigenvalue weighted by atomic mass is 35.5. The van der Waals surface area contributed by atoms with Crippen molar-refractivity contribution in [2.75, 3.05) is 18.0 Å². The number of benzene rings is 1. The lowest BCUT2D eigenvalue weighted by Crippen LogP contribution is -2.39. The molecule has 2 rings (SSSR count). The Hall–Kier alpha value is -0.440. The summed E-state index contributed by atoms with van der Waals surface area (Å²) in [7, 11) is 0. The average molecular weight is 245 g/mol. The van der Waals surface area contributed by atoms with E-state index in [4.69, 9.17) is 28.9 Å². The van der Waals surface area contributed by atoms with Crippen LogP contribution in [0.15, 0.2) is 18.2 Å². The first-order chi connectivity index (χ1) is 7.18. The summed E-state index contributed by atoms with van der Waals surface area (Å²) in [5.41, 5.74) is 6.81. The van der Waals surface area contributed by atoms with Crippen LogP contribution in [-0.2, 0) is 0 Å². The van der Waals surface area contributed by atoms with Crippen molar-refractivity contribution in [2.24, 2.45) is 5.73 Å². The van der Waals surface area contributed by atoms with Gasteiger partial charge in [-0.25, -0.2) is 0 Å². The molecule has 82 valence electrons. The number of rotatable bonds is 1. The highest BCUT2D eigenvalue weighted by Gasteiger charge is 2.19. The Labute approximate surface area is 100.0 Å². The predicted octanol–water partition coefficient (Wildman–Crippen LogP) is 2.92. The molecule has 15 heavy (non-hydrogen) atoms. The van der Waals surface area contributed by atoms with Crippen LogP contribution in [0.25, 0.3) is 0 Å². The molecule has 1 aliphatic rings. The highest BCUT2D eigenvalue weighted by molar-refractivity contribution is 6.39. The molecule has 1 saturated heterocycles. The van der Waals surface area contributed by atoms with E-state index >= 15 is 0 Å². The number of anilines is 1. The minimum absolute atomic E-state index is 0.322. The third-order valence-corrected chi connectivity index (χ3v) is 3.40. The summed E-state index contributed by atoms with van der Waals surface area (Å²) in [6.45, 7) is 1.87. The number of hydrogen-bond donors (Lipinski definition) is 1. The van der Waals surface area contributed by atoms with Gasteiger partial charge in [0.05, 0.1) is 15.7 Å². The van der Waals surface area contributed by atoms with Crippen LogP contribution >= 0.6 is 23.2 Å². The Morgan fingerprint density at radius 3 is 2.20 bits per heavy atom. The minimum atomic E-state index is 0.322. The predicted molar refractivity (Wildman–Crippen MR) is 65.9 cm³/mol. The quantitative estimate of drug-likeness (QED) is 0.824. The van der Waals surface area contributed by atoms with Gasteiger partial charge in [0, 0.05) is 19.1 Å². The lowest BCUT2D eigenvalue weighted by Gasteiger charge is -2.33. The largest absolute Gasteiger partial charge is 0.369 e. The van der Waals surface area contributed by atoms with Gasteiger partial charge in [0.2, 0.25) is 0 Å². The molecule has 0 bridgehead atoms. The monoisotopic (exact) mass is 244 g/mol. The Morgan fingerprint density at radius 2 is 1.67 bits per heavy atom. The number of para-hydroxylation sites is 1. The fraction of sp³-hybridized carbons (Fsp3) is 0.455. The number of halogens is 2. The van der Waals surface area contributed by atoms with Crippen molar-refractivity contribution < 1.29 is 0 Å². The molecule has 1 aromatic carbocycles. The summed E-state index contributed by atoms with van der Waals surface area (Å²) < 4.78 is 0. The zero-order valence-electron chi connectivity index (χ0n) is 8.42. The molecule has 0 spiro atoms. The summed E-state index contributed by atoms with van der Waals surface area (Å²) in [5, 5.41) is 1.44. The molecule has 1 fully saturated rings. The van der Waals surface area contributed by atoms with Gasteiger partial charge in [0.15, 0.2) is 0 Å². The molecule has 1 aromatic rings. The Kier molecular flexibility index (Phi) is 3.39. The van der Waals surface area contributed by atoms with E-state index in [9.17, 15) is 0 Å². The van der Waals surface area contributed by atoms with E-state index in [1.54, 1.807) is 0 Å². The molecule has 4 heteroatoms. The van der Waals surface area contributed by atoms with Crippen molar-refractivity contribution in [1.29, 1.82) is 0 Å². The molecule has 0 atom stereocenters. The van der Waals surface area contributed by atoms with E-state index in [0.717, 1.165) is 41.7 Å². The first-order valence-electron chi connectivity index (χ1n) is 5.13. The van der Waals surface area contributed by atoms with Gasteiger partial charge < -0.3 is 10.6 Å². The van der Waals surface area contributed by atoms with Crippen molar-refractivity contribution in [3.8, 4) is 0 Å². The number of piperidine rings is 1. The van der Waals surface area contributed by atoms with Crippen molar-refractivity contribution in [3.63, 3.8) is 0 Å². The van der Waals surface area contributed by atoms with Crippen LogP contribution in [0.1, 0.15) is 12.8 Å². The van der Waals surface area contributed by atoms with Gasteiger partial charge in [0.1, 0.15) is 0 Å². The van der Waals surface area contributed by atoms with Gasteiger partial charge in [-0.1, -0.05) is 29.3 Å². The summed E-state index contributed by atoms with van der Waals surface area (Å²) in [4.78, 5) is 2.22. The van der Waals surface area contributed by atoms with E-state index in [-0.39, 0.29) is 0 Å². The maximum absolute atomic E-state index is 6.14. The molecular formula is C11H14Cl2N2. The van der Waals surface area contributed by atoms with Crippen LogP contribution in [-0.4, -0.2) is 19.1 Å². The van der Waals surface area contributed by atoms with Gasteiger partial charge in [0.25, 0.3) is 0 Å². The maximum Gasteiger partial charge on any atom is 0.0744 e. The molecule has 0 unspecified atom stereocenters. The Balaban J connectivity index is 2.22. The number of hydrogen-bond acceptors (Lipinski definition) is 2. The number of nitrogens with zero attached hydrogens (tertiary/aromatic N) is 1. The van der Waals surface area contributed by atoms with Crippen LogP contribution in [0.3, 0.4) is 0 Å². The van der Waals surface area contributed by atoms with Crippen LogP contribution in [0.4, 0.5) is 5.69 Å². The normalized spacial score (nSPS) is 18.2. The average Bonchev–Trinajstić information content (AvgIpc) is 2.20. The van der Waals surface area contributed by atoms with E-state index in [2.05, 4.69) is 4.90 Å². The lowest BCUT2D eigenvalue weighted by molar-refractivity contribution is 0.501. The molecule has 2 N–H and O–H groups in total. The van der Waals surface area contributed by atoms with Crippen LogP contribution in [0.2, 0.25) is 10.0 Å². The summed E-state index contributed by atoms with van der Waals surface area (Å²) in [6.07, 6.45) is 2.00.